The zero-order chi connectivity index (χ0) is 18.2. The molecule has 0 saturated carbocycles. The van der Waals surface area contributed by atoms with Gasteiger partial charge in [0.1, 0.15) is 5.82 Å². The number of guanidine groups is 1. The highest BCUT2D eigenvalue weighted by Gasteiger charge is 2.15. The van der Waals surface area contributed by atoms with Crippen LogP contribution in [0.2, 0.25) is 0 Å². The lowest BCUT2D eigenvalue weighted by Gasteiger charge is -2.13. The van der Waals surface area contributed by atoms with Gasteiger partial charge in [0, 0.05) is 50.5 Å². The van der Waals surface area contributed by atoms with Gasteiger partial charge in [-0.05, 0) is 43.0 Å². The maximum Gasteiger partial charge on any atom is 0.190 e. The van der Waals surface area contributed by atoms with Gasteiger partial charge in [-0.1, -0.05) is 0 Å². The third kappa shape index (κ3) is 5.19. The Kier molecular flexibility index (Phi) is 6.85. The van der Waals surface area contributed by atoms with E-state index in [9.17, 15) is 4.39 Å². The smallest absolute Gasteiger partial charge is 0.190 e. The number of aromatic amines is 1. The molecule has 1 aromatic carbocycles. The molecule has 0 spiro atoms. The van der Waals surface area contributed by atoms with Crippen molar-refractivity contribution in [2.75, 3.05) is 40.0 Å². The Morgan fingerprint density at radius 2 is 2.27 bits per heavy atom. The normalized spacial score (nSPS) is 17.8. The van der Waals surface area contributed by atoms with Gasteiger partial charge >= 0.3 is 0 Å². The Hall–Kier alpha value is -2.12. The summed E-state index contributed by atoms with van der Waals surface area (Å²) in [5.74, 6) is 0.551. The predicted octanol–water partition coefficient (Wildman–Crippen LogP) is 2.21. The lowest BCUT2D eigenvalue weighted by atomic mass is 10.1. The molecule has 2 heterocycles. The number of nitrogens with zero attached hydrogens (tertiary/aromatic N) is 1. The summed E-state index contributed by atoms with van der Waals surface area (Å²) < 4.78 is 24.4. The molecule has 7 heteroatoms. The van der Waals surface area contributed by atoms with Crippen molar-refractivity contribution in [3.05, 3.63) is 35.8 Å². The van der Waals surface area contributed by atoms with Crippen LogP contribution in [0.5, 0.6) is 0 Å². The second-order valence-corrected chi connectivity index (χ2v) is 6.39. The summed E-state index contributed by atoms with van der Waals surface area (Å²) in [7, 11) is 1.75. The number of benzene rings is 1. The third-order valence-corrected chi connectivity index (χ3v) is 4.49. The SMILES string of the molecule is CN=C(NCCCOC1CCOC1)NCCc1c[nH]c2ccc(F)cc12. The van der Waals surface area contributed by atoms with Gasteiger partial charge in [0.2, 0.25) is 0 Å². The highest BCUT2D eigenvalue weighted by Crippen LogP contribution is 2.19. The van der Waals surface area contributed by atoms with Crippen LogP contribution < -0.4 is 10.6 Å². The number of hydrogen-bond donors (Lipinski definition) is 3. The summed E-state index contributed by atoms with van der Waals surface area (Å²) in [6, 6.07) is 4.81. The van der Waals surface area contributed by atoms with E-state index in [0.717, 1.165) is 68.0 Å². The molecule has 6 nitrogen and oxygen atoms in total. The summed E-state index contributed by atoms with van der Waals surface area (Å²) in [5.41, 5.74) is 2.05. The first-order valence-electron chi connectivity index (χ1n) is 9.15. The molecule has 3 rings (SSSR count). The van der Waals surface area contributed by atoms with Crippen LogP contribution in [-0.2, 0) is 15.9 Å². The van der Waals surface area contributed by atoms with Crippen LogP contribution in [0, 0.1) is 5.82 Å². The summed E-state index contributed by atoms with van der Waals surface area (Å²) in [5, 5.41) is 7.50. The van der Waals surface area contributed by atoms with Gasteiger partial charge in [-0.15, -0.1) is 0 Å². The fourth-order valence-electron chi connectivity index (χ4n) is 3.07. The molecule has 1 fully saturated rings. The summed E-state index contributed by atoms with van der Waals surface area (Å²) in [6.45, 7) is 3.76. The van der Waals surface area contributed by atoms with Crippen molar-refractivity contribution < 1.29 is 13.9 Å². The second kappa shape index (κ2) is 9.54. The van der Waals surface area contributed by atoms with E-state index < -0.39 is 0 Å². The first kappa shape index (κ1) is 18.7. The lowest BCUT2D eigenvalue weighted by Crippen LogP contribution is -2.39. The Labute approximate surface area is 153 Å². The fraction of sp³-hybridized carbons (Fsp3) is 0.526. The number of fused-ring (bicyclic) bond motifs is 1. The molecule has 1 aliphatic rings. The minimum atomic E-state index is -0.213. The highest BCUT2D eigenvalue weighted by molar-refractivity contribution is 5.83. The number of nitrogens with one attached hydrogen (secondary N) is 3. The third-order valence-electron chi connectivity index (χ3n) is 4.49. The Bertz CT molecular complexity index is 725. The number of aromatic nitrogens is 1. The molecule has 0 radical (unpaired) electrons. The zero-order valence-corrected chi connectivity index (χ0v) is 15.2. The predicted molar refractivity (Wildman–Crippen MR) is 101 cm³/mol. The summed E-state index contributed by atoms with van der Waals surface area (Å²) in [4.78, 5) is 7.40. The number of aliphatic imine (C=N–C) groups is 1. The molecule has 1 saturated heterocycles. The van der Waals surface area contributed by atoms with Crippen molar-refractivity contribution >= 4 is 16.9 Å². The van der Waals surface area contributed by atoms with Gasteiger partial charge in [-0.2, -0.15) is 0 Å². The van der Waals surface area contributed by atoms with Crippen LogP contribution in [0.3, 0.4) is 0 Å². The van der Waals surface area contributed by atoms with Gasteiger partial charge in [0.15, 0.2) is 5.96 Å². The van der Waals surface area contributed by atoms with E-state index in [1.54, 1.807) is 19.2 Å². The van der Waals surface area contributed by atoms with Crippen molar-refractivity contribution in [2.45, 2.75) is 25.4 Å². The van der Waals surface area contributed by atoms with Crippen molar-refractivity contribution in [1.82, 2.24) is 15.6 Å². The molecule has 26 heavy (non-hydrogen) atoms. The quantitative estimate of drug-likeness (QED) is 0.383. The molecule has 2 aromatic rings. The van der Waals surface area contributed by atoms with Crippen molar-refractivity contribution in [3.8, 4) is 0 Å². The number of rotatable bonds is 8. The van der Waals surface area contributed by atoms with Gasteiger partial charge < -0.3 is 25.1 Å². The van der Waals surface area contributed by atoms with Gasteiger partial charge in [0.25, 0.3) is 0 Å². The summed E-state index contributed by atoms with van der Waals surface area (Å²) >= 11 is 0. The average molecular weight is 362 g/mol. The van der Waals surface area contributed by atoms with Crippen LogP contribution in [0.4, 0.5) is 4.39 Å². The molecule has 1 aromatic heterocycles. The zero-order valence-electron chi connectivity index (χ0n) is 15.2. The van der Waals surface area contributed by atoms with E-state index in [2.05, 4.69) is 20.6 Å². The molecule has 0 aliphatic carbocycles. The topological polar surface area (TPSA) is 70.7 Å². The molecular weight excluding hydrogens is 335 g/mol. The van der Waals surface area contributed by atoms with Crippen LogP contribution in [0.1, 0.15) is 18.4 Å². The van der Waals surface area contributed by atoms with Crippen LogP contribution in [0.15, 0.2) is 29.4 Å². The number of H-pyrrole nitrogens is 1. The maximum absolute atomic E-state index is 13.4. The molecule has 0 bridgehead atoms. The van der Waals surface area contributed by atoms with E-state index in [-0.39, 0.29) is 11.9 Å². The van der Waals surface area contributed by atoms with Gasteiger partial charge in [-0.25, -0.2) is 4.39 Å². The van der Waals surface area contributed by atoms with Crippen molar-refractivity contribution in [1.29, 1.82) is 0 Å². The Morgan fingerprint density at radius 1 is 1.38 bits per heavy atom. The monoisotopic (exact) mass is 362 g/mol. The molecule has 3 N–H and O–H groups in total. The molecule has 1 aliphatic heterocycles. The van der Waals surface area contributed by atoms with E-state index in [0.29, 0.717) is 6.61 Å². The molecule has 1 unspecified atom stereocenters. The Balaban J connectivity index is 1.35. The molecule has 0 amide bonds. The molecular formula is C19H27FN4O2. The minimum absolute atomic E-state index is 0.213. The fourth-order valence-corrected chi connectivity index (χ4v) is 3.07. The summed E-state index contributed by atoms with van der Waals surface area (Å²) in [6.07, 6.45) is 4.89. The van der Waals surface area contributed by atoms with Gasteiger partial charge in [0.05, 0.1) is 12.7 Å². The number of hydrogen-bond acceptors (Lipinski definition) is 3. The van der Waals surface area contributed by atoms with E-state index >= 15 is 0 Å². The highest BCUT2D eigenvalue weighted by atomic mass is 19.1. The van der Waals surface area contributed by atoms with Crippen LogP contribution in [-0.4, -0.2) is 57.0 Å². The molecule has 142 valence electrons. The number of ether oxygens (including phenoxy) is 2. The Morgan fingerprint density at radius 3 is 3.08 bits per heavy atom. The van der Waals surface area contributed by atoms with Crippen LogP contribution >= 0.6 is 0 Å². The lowest BCUT2D eigenvalue weighted by molar-refractivity contribution is 0.0420. The van der Waals surface area contributed by atoms with E-state index in [4.69, 9.17) is 9.47 Å². The van der Waals surface area contributed by atoms with E-state index in [1.165, 1.54) is 6.07 Å². The first-order valence-corrected chi connectivity index (χ1v) is 9.15. The second-order valence-electron chi connectivity index (χ2n) is 6.39. The van der Waals surface area contributed by atoms with Crippen molar-refractivity contribution in [2.24, 2.45) is 4.99 Å². The van der Waals surface area contributed by atoms with Gasteiger partial charge in [-0.3, -0.25) is 4.99 Å². The molecule has 1 atom stereocenters. The van der Waals surface area contributed by atoms with Crippen molar-refractivity contribution in [3.63, 3.8) is 0 Å². The minimum Gasteiger partial charge on any atom is -0.379 e. The first-order chi connectivity index (χ1) is 12.8. The maximum atomic E-state index is 13.4. The van der Waals surface area contributed by atoms with E-state index in [1.807, 2.05) is 6.20 Å². The van der Waals surface area contributed by atoms with Crippen LogP contribution in [0.25, 0.3) is 10.9 Å². The number of halogens is 1. The standard InChI is InChI=1S/C19H27FN4O2/c1-21-19(22-7-2-9-26-16-6-10-25-13-16)23-8-5-14-12-24-18-4-3-15(20)11-17(14)18/h3-4,11-12,16,24H,2,5-10,13H2,1H3,(H2,21,22,23). The largest absolute Gasteiger partial charge is 0.379 e. The average Bonchev–Trinajstić information content (AvgIpc) is 3.30.